The molecule has 0 saturated carbocycles. The number of para-hydroxylation sites is 2. The van der Waals surface area contributed by atoms with E-state index in [1.165, 1.54) is 18.2 Å². The van der Waals surface area contributed by atoms with Crippen LogP contribution < -0.4 is 10.2 Å². The maximum Gasteiger partial charge on any atom is 0.248 e. The molecule has 0 fully saturated rings. The number of hydrogen-bond donors (Lipinski definition) is 1. The predicted octanol–water partition coefficient (Wildman–Crippen LogP) is 3.54. The van der Waals surface area contributed by atoms with E-state index in [0.29, 0.717) is 0 Å². The number of hydrogen-bond acceptors (Lipinski definition) is 2. The molecule has 0 saturated heterocycles. The molecule has 108 valence electrons. The number of carbonyl (C=O) groups excluding carboxylic acids is 1. The summed E-state index contributed by atoms with van der Waals surface area (Å²) in [5, 5.41) is 2.83. The molecule has 2 aromatic rings. The van der Waals surface area contributed by atoms with Crippen LogP contribution in [0.3, 0.4) is 0 Å². The molecule has 2 aromatic carbocycles. The highest BCUT2D eigenvalue weighted by Gasteiger charge is 2.05. The molecular weight excluding hydrogens is 267 g/mol. The zero-order valence-electron chi connectivity index (χ0n) is 12.0. The maximum atomic E-state index is 12.8. The highest BCUT2D eigenvalue weighted by Crippen LogP contribution is 2.23. The van der Waals surface area contributed by atoms with Crippen LogP contribution in [0.2, 0.25) is 0 Å². The lowest BCUT2D eigenvalue weighted by Gasteiger charge is -2.17. The quantitative estimate of drug-likeness (QED) is 0.871. The molecule has 0 aliphatic rings. The molecule has 0 aromatic heterocycles. The topological polar surface area (TPSA) is 32.3 Å². The molecule has 0 spiro atoms. The summed E-state index contributed by atoms with van der Waals surface area (Å²) in [7, 11) is 3.83. The van der Waals surface area contributed by atoms with Crippen molar-refractivity contribution in [1.29, 1.82) is 0 Å². The maximum absolute atomic E-state index is 12.8. The Kier molecular flexibility index (Phi) is 4.72. The minimum atomic E-state index is -0.295. The Labute approximate surface area is 123 Å². The summed E-state index contributed by atoms with van der Waals surface area (Å²) in [6.07, 6.45) is 3.08. The molecule has 0 heterocycles. The molecule has 0 radical (unpaired) electrons. The third-order valence-corrected chi connectivity index (χ3v) is 2.94. The van der Waals surface area contributed by atoms with Crippen LogP contribution in [0.5, 0.6) is 0 Å². The van der Waals surface area contributed by atoms with E-state index in [2.05, 4.69) is 5.32 Å². The van der Waals surface area contributed by atoms with Gasteiger partial charge in [0, 0.05) is 20.2 Å². The number of anilines is 2. The average molecular weight is 284 g/mol. The van der Waals surface area contributed by atoms with Gasteiger partial charge < -0.3 is 10.2 Å². The number of nitrogens with one attached hydrogen (secondary N) is 1. The summed E-state index contributed by atoms with van der Waals surface area (Å²) in [4.78, 5) is 13.9. The lowest BCUT2D eigenvalue weighted by atomic mass is 10.2. The number of rotatable bonds is 4. The van der Waals surface area contributed by atoms with E-state index in [4.69, 9.17) is 0 Å². The fourth-order valence-corrected chi connectivity index (χ4v) is 1.89. The van der Waals surface area contributed by atoms with E-state index < -0.39 is 0 Å². The summed E-state index contributed by atoms with van der Waals surface area (Å²) < 4.78 is 12.8. The van der Waals surface area contributed by atoms with Crippen LogP contribution in [0.4, 0.5) is 15.8 Å². The Bertz CT molecular complexity index is 648. The van der Waals surface area contributed by atoms with E-state index in [9.17, 15) is 9.18 Å². The van der Waals surface area contributed by atoms with Crippen molar-refractivity contribution < 1.29 is 9.18 Å². The van der Waals surface area contributed by atoms with Gasteiger partial charge in [-0.05, 0) is 35.9 Å². The summed E-state index contributed by atoms with van der Waals surface area (Å²) >= 11 is 0. The molecule has 1 N–H and O–H groups in total. The molecule has 0 unspecified atom stereocenters. The number of benzene rings is 2. The van der Waals surface area contributed by atoms with E-state index in [0.717, 1.165) is 16.9 Å². The number of halogens is 1. The molecule has 1 amide bonds. The first-order valence-electron chi connectivity index (χ1n) is 6.57. The summed E-state index contributed by atoms with van der Waals surface area (Å²) in [5.41, 5.74) is 2.45. The van der Waals surface area contributed by atoms with Crippen molar-refractivity contribution in [3.63, 3.8) is 0 Å². The normalized spacial score (nSPS) is 10.6. The van der Waals surface area contributed by atoms with Gasteiger partial charge in [-0.2, -0.15) is 0 Å². The molecule has 21 heavy (non-hydrogen) atoms. The van der Waals surface area contributed by atoms with Gasteiger partial charge in [0.05, 0.1) is 11.4 Å². The van der Waals surface area contributed by atoms with Gasteiger partial charge in [0.15, 0.2) is 0 Å². The third kappa shape index (κ3) is 4.18. The molecule has 0 bridgehead atoms. The molecule has 2 rings (SSSR count). The smallest absolute Gasteiger partial charge is 0.248 e. The second-order valence-corrected chi connectivity index (χ2v) is 4.79. The number of amides is 1. The molecule has 4 heteroatoms. The van der Waals surface area contributed by atoms with Crippen LogP contribution >= 0.6 is 0 Å². The lowest BCUT2D eigenvalue weighted by molar-refractivity contribution is -0.111. The second-order valence-electron chi connectivity index (χ2n) is 4.79. The van der Waals surface area contributed by atoms with Crippen molar-refractivity contribution in [3.05, 3.63) is 66.0 Å². The van der Waals surface area contributed by atoms with Gasteiger partial charge in [0.2, 0.25) is 5.91 Å². The molecule has 0 atom stereocenters. The minimum Gasteiger partial charge on any atom is -0.376 e. The van der Waals surface area contributed by atoms with Crippen LogP contribution in [0.25, 0.3) is 6.08 Å². The van der Waals surface area contributed by atoms with Crippen molar-refractivity contribution in [3.8, 4) is 0 Å². The van der Waals surface area contributed by atoms with Crippen LogP contribution in [0.15, 0.2) is 54.6 Å². The Morgan fingerprint density at radius 2 is 1.76 bits per heavy atom. The molecule has 3 nitrogen and oxygen atoms in total. The van der Waals surface area contributed by atoms with Gasteiger partial charge in [-0.3, -0.25) is 4.79 Å². The standard InChI is InChI=1S/C17H17FN2O/c1-20(2)16-6-4-3-5-15(16)19-17(21)12-9-13-7-10-14(18)11-8-13/h3-12H,1-2H3,(H,19,21)/b12-9+. The largest absolute Gasteiger partial charge is 0.376 e. The van der Waals surface area contributed by atoms with E-state index in [1.807, 2.05) is 43.3 Å². The Morgan fingerprint density at radius 1 is 1.10 bits per heavy atom. The van der Waals surface area contributed by atoms with Crippen molar-refractivity contribution in [1.82, 2.24) is 0 Å². The summed E-state index contributed by atoms with van der Waals surface area (Å²) in [6, 6.07) is 13.5. The first-order valence-corrected chi connectivity index (χ1v) is 6.57. The predicted molar refractivity (Wildman–Crippen MR) is 84.8 cm³/mol. The van der Waals surface area contributed by atoms with Gasteiger partial charge in [0.25, 0.3) is 0 Å². The monoisotopic (exact) mass is 284 g/mol. The highest BCUT2D eigenvalue weighted by atomic mass is 19.1. The van der Waals surface area contributed by atoms with Gasteiger partial charge in [0.1, 0.15) is 5.82 Å². The summed E-state index contributed by atoms with van der Waals surface area (Å²) in [5.74, 6) is -0.523. The third-order valence-electron chi connectivity index (χ3n) is 2.94. The van der Waals surface area contributed by atoms with Crippen LogP contribution in [0.1, 0.15) is 5.56 Å². The zero-order chi connectivity index (χ0) is 15.2. The van der Waals surface area contributed by atoms with Crippen molar-refractivity contribution in [2.75, 3.05) is 24.3 Å². The lowest BCUT2D eigenvalue weighted by Crippen LogP contribution is -2.14. The average Bonchev–Trinajstić information content (AvgIpc) is 2.47. The highest BCUT2D eigenvalue weighted by molar-refractivity contribution is 6.03. The van der Waals surface area contributed by atoms with E-state index in [-0.39, 0.29) is 11.7 Å². The van der Waals surface area contributed by atoms with Crippen LogP contribution in [-0.2, 0) is 4.79 Å². The Balaban J connectivity index is 2.07. The fraction of sp³-hybridized carbons (Fsp3) is 0.118. The number of nitrogens with zero attached hydrogens (tertiary/aromatic N) is 1. The fourth-order valence-electron chi connectivity index (χ4n) is 1.89. The second kappa shape index (κ2) is 6.70. The van der Waals surface area contributed by atoms with Gasteiger partial charge in [-0.15, -0.1) is 0 Å². The Morgan fingerprint density at radius 3 is 2.43 bits per heavy atom. The van der Waals surface area contributed by atoms with Crippen LogP contribution in [-0.4, -0.2) is 20.0 Å². The first-order chi connectivity index (χ1) is 10.1. The Hall–Kier alpha value is -2.62. The van der Waals surface area contributed by atoms with Gasteiger partial charge in [-0.1, -0.05) is 24.3 Å². The van der Waals surface area contributed by atoms with Crippen LogP contribution in [0, 0.1) is 5.82 Å². The molecular formula is C17H17FN2O. The summed E-state index contributed by atoms with van der Waals surface area (Å²) in [6.45, 7) is 0. The zero-order valence-corrected chi connectivity index (χ0v) is 12.0. The molecule has 0 aliphatic heterocycles. The van der Waals surface area contributed by atoms with Crippen molar-refractivity contribution >= 4 is 23.4 Å². The van der Waals surface area contributed by atoms with Crippen molar-refractivity contribution in [2.45, 2.75) is 0 Å². The minimum absolute atomic E-state index is 0.228. The van der Waals surface area contributed by atoms with E-state index >= 15 is 0 Å². The van der Waals surface area contributed by atoms with Gasteiger partial charge >= 0.3 is 0 Å². The number of carbonyl (C=O) groups is 1. The van der Waals surface area contributed by atoms with Crippen molar-refractivity contribution in [2.24, 2.45) is 0 Å². The SMILES string of the molecule is CN(C)c1ccccc1NC(=O)/C=C/c1ccc(F)cc1. The van der Waals surface area contributed by atoms with Gasteiger partial charge in [-0.25, -0.2) is 4.39 Å². The van der Waals surface area contributed by atoms with E-state index in [1.54, 1.807) is 18.2 Å². The first kappa shape index (κ1) is 14.8. The molecule has 0 aliphatic carbocycles.